The third-order valence-corrected chi connectivity index (χ3v) is 6.91. The summed E-state index contributed by atoms with van der Waals surface area (Å²) in [6.07, 6.45) is 9.93. The van der Waals surface area contributed by atoms with Crippen molar-refractivity contribution in [2.45, 2.75) is 44.1 Å². The Balaban J connectivity index is 1.36. The van der Waals surface area contributed by atoms with Crippen LogP contribution in [0.4, 0.5) is 0 Å². The Kier molecular flexibility index (Phi) is 3.34. The van der Waals surface area contributed by atoms with Crippen molar-refractivity contribution in [2.24, 2.45) is 5.41 Å². The van der Waals surface area contributed by atoms with E-state index >= 15 is 0 Å². The molecule has 1 aliphatic heterocycles. The van der Waals surface area contributed by atoms with Crippen LogP contribution >= 0.6 is 0 Å². The lowest BCUT2D eigenvalue weighted by Crippen LogP contribution is -2.41. The van der Waals surface area contributed by atoms with Crippen LogP contribution in [-0.2, 0) is 9.84 Å². The van der Waals surface area contributed by atoms with Crippen molar-refractivity contribution in [3.63, 3.8) is 0 Å². The van der Waals surface area contributed by atoms with E-state index in [1.807, 2.05) is 6.07 Å². The van der Waals surface area contributed by atoms with Gasteiger partial charge in [0.2, 0.25) is 0 Å². The summed E-state index contributed by atoms with van der Waals surface area (Å²) in [5, 5.41) is 3.85. The molecule has 0 saturated heterocycles. The molecule has 0 radical (unpaired) electrons. The molecule has 0 aromatic carbocycles. The van der Waals surface area contributed by atoms with Crippen LogP contribution in [0.25, 0.3) is 0 Å². The number of sulfone groups is 1. The highest BCUT2D eigenvalue weighted by atomic mass is 32.2. The number of carbonyl (C=O) groups excluding carboxylic acids is 1. The monoisotopic (exact) mass is 332 g/mol. The first-order valence-corrected chi connectivity index (χ1v) is 9.84. The first kappa shape index (κ1) is 14.9. The van der Waals surface area contributed by atoms with Crippen LogP contribution in [0.1, 0.15) is 54.1 Å². The van der Waals surface area contributed by atoms with Crippen molar-refractivity contribution in [1.29, 1.82) is 0 Å². The zero-order chi connectivity index (χ0) is 16.1. The van der Waals surface area contributed by atoms with Gasteiger partial charge in [-0.15, -0.1) is 0 Å². The number of aromatic nitrogens is 1. The summed E-state index contributed by atoms with van der Waals surface area (Å²) >= 11 is 0. The Morgan fingerprint density at radius 2 is 2.04 bits per heavy atom. The van der Waals surface area contributed by atoms with Crippen LogP contribution in [0.2, 0.25) is 0 Å². The van der Waals surface area contributed by atoms with E-state index in [2.05, 4.69) is 10.3 Å². The van der Waals surface area contributed by atoms with Gasteiger partial charge in [-0.3, -0.25) is 9.78 Å². The zero-order valence-electron chi connectivity index (χ0n) is 12.9. The highest BCUT2D eigenvalue weighted by molar-refractivity contribution is 7.94. The van der Waals surface area contributed by atoms with Crippen LogP contribution in [0.15, 0.2) is 29.8 Å². The lowest BCUT2D eigenvalue weighted by atomic mass is 9.51. The van der Waals surface area contributed by atoms with E-state index < -0.39 is 15.9 Å². The summed E-state index contributed by atoms with van der Waals surface area (Å²) in [5.74, 6) is 0.191. The number of carbonyl (C=O) groups is 1. The normalized spacial score (nSPS) is 27.4. The highest BCUT2D eigenvalue weighted by Gasteiger charge is 2.48. The van der Waals surface area contributed by atoms with Crippen molar-refractivity contribution in [2.75, 3.05) is 5.75 Å². The van der Waals surface area contributed by atoms with Crippen LogP contribution in [0, 0.1) is 5.41 Å². The van der Waals surface area contributed by atoms with Gasteiger partial charge in [0, 0.05) is 11.6 Å². The van der Waals surface area contributed by atoms with Crippen LogP contribution in [0.3, 0.4) is 0 Å². The average molecular weight is 332 g/mol. The van der Waals surface area contributed by atoms with Crippen LogP contribution in [0.5, 0.6) is 0 Å². The molecule has 0 unspecified atom stereocenters. The second kappa shape index (κ2) is 5.16. The fourth-order valence-corrected chi connectivity index (χ4v) is 5.23. The van der Waals surface area contributed by atoms with Crippen molar-refractivity contribution in [3.05, 3.63) is 41.1 Å². The predicted molar refractivity (Wildman–Crippen MR) is 86.7 cm³/mol. The van der Waals surface area contributed by atoms with E-state index in [0.717, 1.165) is 5.41 Å². The SMILES string of the molecule is O=C(N[C@@H]1C=CS(=O)(=O)C1)c1ccc(C2CC3(CCC3)C2)cn1. The fraction of sp³-hybridized carbons (Fsp3) is 0.529. The molecule has 0 bridgehead atoms. The van der Waals surface area contributed by atoms with Crippen molar-refractivity contribution in [1.82, 2.24) is 10.3 Å². The standard InChI is InChI=1S/C17H20N2O3S/c20-16(19-14-4-7-23(21,22)11-14)15-3-2-12(10-18-15)13-8-17(9-13)5-1-6-17/h2-4,7,10,13-14H,1,5-6,8-9,11H2,(H,19,20)/t14-/m1/s1. The maximum absolute atomic E-state index is 12.1. The molecule has 3 aliphatic rings. The lowest BCUT2D eigenvalue weighted by molar-refractivity contribution is 0.00889. The molecule has 1 aromatic rings. The van der Waals surface area contributed by atoms with Crippen LogP contribution < -0.4 is 5.32 Å². The van der Waals surface area contributed by atoms with Crippen LogP contribution in [-0.4, -0.2) is 31.1 Å². The third-order valence-electron chi connectivity index (χ3n) is 5.51. The van der Waals surface area contributed by atoms with E-state index in [0.29, 0.717) is 17.0 Å². The molecule has 2 fully saturated rings. The number of pyridine rings is 1. The van der Waals surface area contributed by atoms with Crippen molar-refractivity contribution in [3.8, 4) is 0 Å². The molecule has 122 valence electrons. The Hall–Kier alpha value is -1.69. The lowest BCUT2D eigenvalue weighted by Gasteiger charge is -2.54. The molecule has 2 saturated carbocycles. The number of nitrogens with one attached hydrogen (secondary N) is 1. The topological polar surface area (TPSA) is 76.1 Å². The smallest absolute Gasteiger partial charge is 0.270 e. The van der Waals surface area contributed by atoms with Gasteiger partial charge in [-0.1, -0.05) is 12.5 Å². The molecule has 1 N–H and O–H groups in total. The molecule has 1 spiro atoms. The Bertz CT molecular complexity index is 756. The van der Waals surface area contributed by atoms with Gasteiger partial charge in [-0.05, 0) is 54.7 Å². The van der Waals surface area contributed by atoms with Gasteiger partial charge in [0.05, 0.1) is 11.8 Å². The van der Waals surface area contributed by atoms with Crippen molar-refractivity contribution >= 4 is 15.7 Å². The Morgan fingerprint density at radius 3 is 2.57 bits per heavy atom. The summed E-state index contributed by atoms with van der Waals surface area (Å²) in [6.45, 7) is 0. The minimum Gasteiger partial charge on any atom is -0.343 e. The summed E-state index contributed by atoms with van der Waals surface area (Å²) in [6, 6.07) is 3.27. The van der Waals surface area contributed by atoms with Gasteiger partial charge in [-0.25, -0.2) is 8.42 Å². The number of rotatable bonds is 3. The maximum atomic E-state index is 12.1. The number of hydrogen-bond donors (Lipinski definition) is 1. The van der Waals surface area contributed by atoms with E-state index in [9.17, 15) is 13.2 Å². The second-order valence-corrected chi connectivity index (χ2v) is 9.10. The molecule has 1 atom stereocenters. The molecule has 5 nitrogen and oxygen atoms in total. The van der Waals surface area contributed by atoms with Gasteiger partial charge in [-0.2, -0.15) is 0 Å². The van der Waals surface area contributed by atoms with Gasteiger partial charge in [0.1, 0.15) is 5.69 Å². The van der Waals surface area contributed by atoms with Gasteiger partial charge < -0.3 is 5.32 Å². The van der Waals surface area contributed by atoms with Crippen molar-refractivity contribution < 1.29 is 13.2 Å². The minimum absolute atomic E-state index is 0.0685. The molecule has 4 rings (SSSR count). The summed E-state index contributed by atoms with van der Waals surface area (Å²) in [5.41, 5.74) is 2.17. The maximum Gasteiger partial charge on any atom is 0.270 e. The fourth-order valence-electron chi connectivity index (χ4n) is 4.00. The highest BCUT2D eigenvalue weighted by Crippen LogP contribution is 2.61. The Labute approximate surface area is 136 Å². The molecular formula is C17H20N2O3S. The van der Waals surface area contributed by atoms with Gasteiger partial charge in [0.15, 0.2) is 9.84 Å². The molecular weight excluding hydrogens is 312 g/mol. The van der Waals surface area contributed by atoms with E-state index in [1.165, 1.54) is 43.7 Å². The van der Waals surface area contributed by atoms with E-state index in [-0.39, 0.29) is 11.7 Å². The summed E-state index contributed by atoms with van der Waals surface area (Å²) in [7, 11) is -3.16. The minimum atomic E-state index is -3.16. The number of amides is 1. The molecule has 6 heteroatoms. The number of nitrogens with zero attached hydrogens (tertiary/aromatic N) is 1. The third kappa shape index (κ3) is 2.80. The van der Waals surface area contributed by atoms with Gasteiger partial charge in [0.25, 0.3) is 5.91 Å². The first-order chi connectivity index (χ1) is 10.9. The molecule has 1 amide bonds. The predicted octanol–water partition coefficient (Wildman–Crippen LogP) is 2.17. The molecule has 1 aromatic heterocycles. The van der Waals surface area contributed by atoms with E-state index in [1.54, 1.807) is 12.3 Å². The van der Waals surface area contributed by atoms with E-state index in [4.69, 9.17) is 0 Å². The zero-order valence-corrected chi connectivity index (χ0v) is 13.7. The average Bonchev–Trinajstić information content (AvgIpc) is 2.75. The molecule has 23 heavy (non-hydrogen) atoms. The Morgan fingerprint density at radius 1 is 1.26 bits per heavy atom. The quantitative estimate of drug-likeness (QED) is 0.920. The van der Waals surface area contributed by atoms with Gasteiger partial charge >= 0.3 is 0 Å². The largest absolute Gasteiger partial charge is 0.343 e. The second-order valence-electron chi connectivity index (χ2n) is 7.17. The summed E-state index contributed by atoms with van der Waals surface area (Å²) < 4.78 is 22.7. The molecule has 2 heterocycles. The number of hydrogen-bond acceptors (Lipinski definition) is 4. The molecule has 2 aliphatic carbocycles. The summed E-state index contributed by atoms with van der Waals surface area (Å²) in [4.78, 5) is 16.4. The first-order valence-electron chi connectivity index (χ1n) is 8.13.